The van der Waals surface area contributed by atoms with E-state index >= 15 is 0 Å². The molecule has 126 valence electrons. The van der Waals surface area contributed by atoms with Gasteiger partial charge >= 0.3 is 0 Å². The minimum atomic E-state index is 0.0275. The van der Waals surface area contributed by atoms with Gasteiger partial charge in [0.1, 0.15) is 12.4 Å². The summed E-state index contributed by atoms with van der Waals surface area (Å²) in [5.74, 6) is 0.799. The highest BCUT2D eigenvalue weighted by Gasteiger charge is 2.09. The lowest BCUT2D eigenvalue weighted by Gasteiger charge is -2.09. The van der Waals surface area contributed by atoms with Crippen molar-refractivity contribution in [2.24, 2.45) is 0 Å². The van der Waals surface area contributed by atoms with Crippen LogP contribution in [0.3, 0.4) is 0 Å². The first-order valence-electron chi connectivity index (χ1n) is 8.18. The first-order chi connectivity index (χ1) is 12.1. The monoisotopic (exact) mass is 348 g/mol. The van der Waals surface area contributed by atoms with Gasteiger partial charge in [-0.3, -0.25) is 4.79 Å². The zero-order valence-corrected chi connectivity index (χ0v) is 15.2. The number of carbonyl (C=O) groups excluding carboxylic acids is 1. The highest BCUT2D eigenvalue weighted by Crippen LogP contribution is 2.24. The lowest BCUT2D eigenvalue weighted by atomic mass is 10.1. The molecule has 2 nitrogen and oxygen atoms in total. The number of ether oxygens (including phenoxy) is 1. The Balaban J connectivity index is 1.74. The average molecular weight is 348 g/mol. The quantitative estimate of drug-likeness (QED) is 0.413. The molecule has 0 saturated heterocycles. The number of allylic oxidation sites excluding steroid dienone is 1. The van der Waals surface area contributed by atoms with Gasteiger partial charge in [-0.15, -0.1) is 11.3 Å². The maximum absolute atomic E-state index is 12.4. The van der Waals surface area contributed by atoms with Gasteiger partial charge in [0.2, 0.25) is 0 Å². The normalized spacial score (nSPS) is 11.0. The minimum Gasteiger partial charge on any atom is -0.488 e. The van der Waals surface area contributed by atoms with E-state index in [4.69, 9.17) is 4.74 Å². The third-order valence-corrected chi connectivity index (χ3v) is 4.84. The van der Waals surface area contributed by atoms with E-state index in [0.29, 0.717) is 6.61 Å². The number of carbonyl (C=O) groups is 1. The molecule has 0 radical (unpaired) electrons. The molecule has 0 amide bonds. The fourth-order valence-corrected chi connectivity index (χ4v) is 3.54. The molecule has 0 fully saturated rings. The summed E-state index contributed by atoms with van der Waals surface area (Å²) in [6.45, 7) is 4.50. The van der Waals surface area contributed by atoms with Crippen LogP contribution < -0.4 is 4.74 Å². The number of benzene rings is 2. The zero-order chi connectivity index (χ0) is 17.6. The Hall–Kier alpha value is -2.65. The Morgan fingerprint density at radius 2 is 1.76 bits per heavy atom. The second-order valence-electron chi connectivity index (χ2n) is 5.84. The van der Waals surface area contributed by atoms with Crippen LogP contribution in [0, 0.1) is 13.8 Å². The number of para-hydroxylation sites is 1. The van der Waals surface area contributed by atoms with Gasteiger partial charge in [-0.1, -0.05) is 48.5 Å². The lowest BCUT2D eigenvalue weighted by Crippen LogP contribution is -1.97. The minimum absolute atomic E-state index is 0.0275. The van der Waals surface area contributed by atoms with Crippen molar-refractivity contribution < 1.29 is 9.53 Å². The maximum Gasteiger partial charge on any atom is 0.186 e. The number of hydrogen-bond donors (Lipinski definition) is 0. The highest BCUT2D eigenvalue weighted by molar-refractivity contribution is 7.12. The van der Waals surface area contributed by atoms with Crippen LogP contribution in [0.2, 0.25) is 0 Å². The molecule has 0 aliphatic carbocycles. The van der Waals surface area contributed by atoms with Crippen molar-refractivity contribution in [3.63, 3.8) is 0 Å². The topological polar surface area (TPSA) is 26.3 Å². The van der Waals surface area contributed by atoms with Gasteiger partial charge in [0.15, 0.2) is 5.78 Å². The van der Waals surface area contributed by atoms with Gasteiger partial charge in [-0.05, 0) is 43.7 Å². The Bertz CT molecular complexity index is 891. The first-order valence-corrected chi connectivity index (χ1v) is 9.00. The summed E-state index contributed by atoms with van der Waals surface area (Å²) in [6.07, 6.45) is 3.45. The van der Waals surface area contributed by atoms with Crippen LogP contribution in [0.1, 0.15) is 31.2 Å². The summed E-state index contributed by atoms with van der Waals surface area (Å²) < 4.78 is 5.93. The molecule has 1 heterocycles. The molecule has 0 saturated carbocycles. The molecule has 3 rings (SSSR count). The van der Waals surface area contributed by atoms with Crippen molar-refractivity contribution >= 4 is 23.2 Å². The zero-order valence-electron chi connectivity index (χ0n) is 14.4. The molecule has 1 aromatic heterocycles. The fraction of sp³-hybridized carbons (Fsp3) is 0.136. The van der Waals surface area contributed by atoms with Gasteiger partial charge in [-0.25, -0.2) is 0 Å². The van der Waals surface area contributed by atoms with Crippen molar-refractivity contribution in [2.45, 2.75) is 20.5 Å². The summed E-state index contributed by atoms with van der Waals surface area (Å²) in [4.78, 5) is 14.6. The SMILES string of the molecule is Cc1cc(C(=O)/C=C/c2ccccc2OCc2ccccc2)c(C)s1. The van der Waals surface area contributed by atoms with E-state index in [1.165, 1.54) is 0 Å². The van der Waals surface area contributed by atoms with E-state index in [2.05, 4.69) is 0 Å². The highest BCUT2D eigenvalue weighted by atomic mass is 32.1. The molecule has 3 heteroatoms. The predicted octanol–water partition coefficient (Wildman–Crippen LogP) is 5.84. The van der Waals surface area contributed by atoms with Crippen molar-refractivity contribution in [1.29, 1.82) is 0 Å². The summed E-state index contributed by atoms with van der Waals surface area (Å²) in [5.41, 5.74) is 2.79. The molecule has 0 aliphatic heterocycles. The van der Waals surface area contributed by atoms with Gasteiger partial charge < -0.3 is 4.74 Å². The number of rotatable bonds is 6. The summed E-state index contributed by atoms with van der Waals surface area (Å²) in [7, 11) is 0. The van der Waals surface area contributed by atoms with Crippen LogP contribution >= 0.6 is 11.3 Å². The standard InChI is InChI=1S/C22H20O2S/c1-16-14-20(17(2)25-16)21(23)13-12-19-10-6-7-11-22(19)24-15-18-8-4-3-5-9-18/h3-14H,15H2,1-2H3/b13-12+. The van der Waals surface area contributed by atoms with E-state index in [1.54, 1.807) is 17.4 Å². The average Bonchev–Trinajstić information content (AvgIpc) is 2.98. The van der Waals surface area contributed by atoms with E-state index in [-0.39, 0.29) is 5.78 Å². The van der Waals surface area contributed by atoms with Gasteiger partial charge in [-0.2, -0.15) is 0 Å². The Morgan fingerprint density at radius 3 is 2.48 bits per heavy atom. The fourth-order valence-electron chi connectivity index (χ4n) is 2.62. The molecule has 25 heavy (non-hydrogen) atoms. The Labute approximate surface area is 152 Å². The predicted molar refractivity (Wildman–Crippen MR) is 104 cm³/mol. The number of thiophene rings is 1. The molecule has 0 atom stereocenters. The van der Waals surface area contributed by atoms with Gasteiger partial charge in [0.05, 0.1) is 0 Å². The number of aryl methyl sites for hydroxylation is 2. The van der Waals surface area contributed by atoms with Crippen molar-refractivity contribution in [3.05, 3.63) is 93.2 Å². The largest absolute Gasteiger partial charge is 0.488 e. The summed E-state index contributed by atoms with van der Waals surface area (Å²) in [5, 5.41) is 0. The molecular formula is C22H20O2S. The summed E-state index contributed by atoms with van der Waals surface area (Å²) in [6, 6.07) is 19.7. The molecule has 0 spiro atoms. The van der Waals surface area contributed by atoms with E-state index in [1.807, 2.05) is 80.6 Å². The first kappa shape index (κ1) is 17.2. The molecular weight excluding hydrogens is 328 g/mol. The van der Waals surface area contributed by atoms with Crippen LogP contribution in [0.4, 0.5) is 0 Å². The van der Waals surface area contributed by atoms with Crippen LogP contribution in [-0.4, -0.2) is 5.78 Å². The van der Waals surface area contributed by atoms with Crippen LogP contribution in [-0.2, 0) is 6.61 Å². The molecule has 2 aromatic carbocycles. The van der Waals surface area contributed by atoms with Crippen molar-refractivity contribution in [2.75, 3.05) is 0 Å². The Morgan fingerprint density at radius 1 is 1.04 bits per heavy atom. The third kappa shape index (κ3) is 4.46. The molecule has 0 N–H and O–H groups in total. The second kappa shape index (κ2) is 7.95. The van der Waals surface area contributed by atoms with Crippen LogP contribution in [0.25, 0.3) is 6.08 Å². The molecule has 0 unspecified atom stereocenters. The maximum atomic E-state index is 12.4. The van der Waals surface area contributed by atoms with E-state index in [0.717, 1.165) is 32.2 Å². The molecule has 3 aromatic rings. The summed E-state index contributed by atoms with van der Waals surface area (Å²) >= 11 is 1.65. The van der Waals surface area contributed by atoms with Crippen LogP contribution in [0.5, 0.6) is 5.75 Å². The van der Waals surface area contributed by atoms with E-state index < -0.39 is 0 Å². The second-order valence-corrected chi connectivity index (χ2v) is 7.30. The van der Waals surface area contributed by atoms with Crippen molar-refractivity contribution in [1.82, 2.24) is 0 Å². The number of hydrogen-bond acceptors (Lipinski definition) is 3. The van der Waals surface area contributed by atoms with Gasteiger partial charge in [0.25, 0.3) is 0 Å². The third-order valence-electron chi connectivity index (χ3n) is 3.88. The van der Waals surface area contributed by atoms with Crippen LogP contribution in [0.15, 0.2) is 66.7 Å². The van der Waals surface area contributed by atoms with E-state index in [9.17, 15) is 4.79 Å². The molecule has 0 bridgehead atoms. The molecule has 0 aliphatic rings. The Kier molecular flexibility index (Phi) is 5.46. The van der Waals surface area contributed by atoms with Gasteiger partial charge in [0, 0.05) is 20.9 Å². The number of ketones is 1. The smallest absolute Gasteiger partial charge is 0.186 e. The van der Waals surface area contributed by atoms with Crippen molar-refractivity contribution in [3.8, 4) is 5.75 Å². The lowest BCUT2D eigenvalue weighted by molar-refractivity contribution is 0.104.